The lowest BCUT2D eigenvalue weighted by atomic mass is 10.0. The second-order valence-corrected chi connectivity index (χ2v) is 6.90. The molecule has 0 aliphatic carbocycles. The highest BCUT2D eigenvalue weighted by molar-refractivity contribution is 5.98. The molecular weight excluding hydrogens is 394 g/mol. The highest BCUT2D eigenvalue weighted by Crippen LogP contribution is 2.31. The first-order valence-electron chi connectivity index (χ1n) is 9.40. The molecule has 0 unspecified atom stereocenters. The molecule has 30 heavy (non-hydrogen) atoms. The summed E-state index contributed by atoms with van der Waals surface area (Å²) in [6.07, 6.45) is 1.08. The van der Waals surface area contributed by atoms with Gasteiger partial charge in [-0.25, -0.2) is 9.59 Å². The van der Waals surface area contributed by atoms with E-state index >= 15 is 0 Å². The van der Waals surface area contributed by atoms with Crippen LogP contribution in [-0.4, -0.2) is 35.6 Å². The number of anilines is 2. The minimum Gasteiger partial charge on any atom is -0.481 e. The van der Waals surface area contributed by atoms with Crippen LogP contribution in [0.1, 0.15) is 37.3 Å². The minimum atomic E-state index is -1.18. The number of benzene rings is 1. The summed E-state index contributed by atoms with van der Waals surface area (Å²) in [4.78, 5) is 47.0. The van der Waals surface area contributed by atoms with Crippen molar-refractivity contribution in [2.24, 2.45) is 5.73 Å². The molecule has 2 aromatic rings. The lowest BCUT2D eigenvalue weighted by Crippen LogP contribution is -2.33. The number of unbranched alkanes of at least 4 members (excludes halogenated alkanes) is 1. The standard InChI is InChI=1S/C20H25N3O7/c1-10-13(9-17(25)26)19(27)30-16-8-12(22)7-15(18(10)16)23-14(5-3-4-6-21)20(28)29-11(2)24/h7-8,14,23H,3-6,9,21-22H2,1-2H3,(H,25,26)/t14-/m0/s1. The van der Waals surface area contributed by atoms with Crippen LogP contribution in [0.2, 0.25) is 0 Å². The van der Waals surface area contributed by atoms with Crippen LogP contribution in [0.25, 0.3) is 11.0 Å². The zero-order valence-electron chi connectivity index (χ0n) is 16.8. The Morgan fingerprint density at radius 2 is 1.97 bits per heavy atom. The van der Waals surface area contributed by atoms with E-state index in [0.29, 0.717) is 42.4 Å². The number of esters is 2. The van der Waals surface area contributed by atoms with Crippen LogP contribution in [0.3, 0.4) is 0 Å². The van der Waals surface area contributed by atoms with Gasteiger partial charge in [0.15, 0.2) is 0 Å². The smallest absolute Gasteiger partial charge is 0.340 e. The van der Waals surface area contributed by atoms with Crippen molar-refractivity contribution in [2.75, 3.05) is 17.6 Å². The fourth-order valence-corrected chi connectivity index (χ4v) is 3.18. The number of carbonyl (C=O) groups is 3. The molecule has 1 aromatic heterocycles. The Balaban J connectivity index is 2.56. The molecule has 0 bridgehead atoms. The van der Waals surface area contributed by atoms with Crippen LogP contribution in [-0.2, 0) is 25.5 Å². The van der Waals surface area contributed by atoms with Gasteiger partial charge >= 0.3 is 23.5 Å². The van der Waals surface area contributed by atoms with Crippen LogP contribution in [0, 0.1) is 6.92 Å². The Bertz CT molecular complexity index is 1030. The van der Waals surface area contributed by atoms with Gasteiger partial charge in [0.1, 0.15) is 11.6 Å². The van der Waals surface area contributed by atoms with E-state index in [1.54, 1.807) is 6.92 Å². The van der Waals surface area contributed by atoms with Crippen molar-refractivity contribution in [3.8, 4) is 0 Å². The van der Waals surface area contributed by atoms with Crippen LogP contribution in [0.15, 0.2) is 21.3 Å². The zero-order valence-corrected chi connectivity index (χ0v) is 16.8. The Labute approximate surface area is 172 Å². The van der Waals surface area contributed by atoms with Crippen molar-refractivity contribution >= 4 is 40.3 Å². The highest BCUT2D eigenvalue weighted by Gasteiger charge is 2.24. The van der Waals surface area contributed by atoms with Gasteiger partial charge in [0.05, 0.1) is 12.0 Å². The molecule has 162 valence electrons. The van der Waals surface area contributed by atoms with E-state index < -0.39 is 36.0 Å². The maximum absolute atomic E-state index is 12.4. The number of nitrogens with one attached hydrogen (secondary N) is 1. The van der Waals surface area contributed by atoms with Gasteiger partial charge in [0.2, 0.25) is 0 Å². The number of nitrogens with two attached hydrogens (primary N) is 2. The molecule has 0 amide bonds. The number of hydrogen-bond acceptors (Lipinski definition) is 9. The van der Waals surface area contributed by atoms with Crippen LogP contribution >= 0.6 is 0 Å². The number of carboxylic acids is 1. The SMILES string of the molecule is CC(=O)OC(=O)[C@H](CCCCN)Nc1cc(N)cc2oc(=O)c(CC(=O)O)c(C)c12. The summed E-state index contributed by atoms with van der Waals surface area (Å²) < 4.78 is 10.0. The number of ether oxygens (including phenoxy) is 1. The van der Waals surface area contributed by atoms with Gasteiger partial charge < -0.3 is 31.0 Å². The first-order valence-corrected chi connectivity index (χ1v) is 9.40. The highest BCUT2D eigenvalue weighted by atomic mass is 16.6. The minimum absolute atomic E-state index is 0.00573. The van der Waals surface area contributed by atoms with Gasteiger partial charge in [0, 0.05) is 29.8 Å². The molecule has 1 atom stereocenters. The molecule has 0 fully saturated rings. The maximum atomic E-state index is 12.4. The van der Waals surface area contributed by atoms with Crippen molar-refractivity contribution in [2.45, 2.75) is 45.6 Å². The fourth-order valence-electron chi connectivity index (χ4n) is 3.18. The van der Waals surface area contributed by atoms with Gasteiger partial charge in [-0.3, -0.25) is 9.59 Å². The van der Waals surface area contributed by atoms with Crippen molar-refractivity contribution < 1.29 is 28.6 Å². The van der Waals surface area contributed by atoms with Crippen molar-refractivity contribution in [1.29, 1.82) is 0 Å². The number of nitrogen functional groups attached to an aromatic ring is 1. The molecule has 0 spiro atoms. The third-order valence-corrected chi connectivity index (χ3v) is 4.53. The van der Waals surface area contributed by atoms with Gasteiger partial charge in [-0.05, 0) is 44.4 Å². The first-order chi connectivity index (χ1) is 14.1. The van der Waals surface area contributed by atoms with E-state index in [1.807, 2.05) is 0 Å². The normalized spacial score (nSPS) is 11.8. The molecule has 0 radical (unpaired) electrons. The molecule has 0 saturated heterocycles. The molecular formula is C20H25N3O7. The van der Waals surface area contributed by atoms with Crippen LogP contribution in [0.5, 0.6) is 0 Å². The first kappa shape index (κ1) is 22.9. The van der Waals surface area contributed by atoms with Gasteiger partial charge in [-0.15, -0.1) is 0 Å². The summed E-state index contributed by atoms with van der Waals surface area (Å²) in [5.41, 5.74) is 11.8. The van der Waals surface area contributed by atoms with Crippen LogP contribution in [0.4, 0.5) is 11.4 Å². The van der Waals surface area contributed by atoms with E-state index in [0.717, 1.165) is 6.92 Å². The number of carbonyl (C=O) groups excluding carboxylic acids is 2. The number of fused-ring (bicyclic) bond motifs is 1. The molecule has 1 heterocycles. The number of aliphatic carboxylic acids is 1. The lowest BCUT2D eigenvalue weighted by molar-refractivity contribution is -0.158. The maximum Gasteiger partial charge on any atom is 0.340 e. The second kappa shape index (κ2) is 9.88. The van der Waals surface area contributed by atoms with E-state index in [2.05, 4.69) is 5.32 Å². The second-order valence-electron chi connectivity index (χ2n) is 6.90. The monoisotopic (exact) mass is 419 g/mol. The molecule has 6 N–H and O–H groups in total. The number of carboxylic acid groups (broad SMARTS) is 1. The Hall–Kier alpha value is -3.40. The molecule has 2 rings (SSSR count). The largest absolute Gasteiger partial charge is 0.481 e. The Kier molecular flexibility index (Phi) is 7.54. The Morgan fingerprint density at radius 1 is 1.27 bits per heavy atom. The molecule has 0 aliphatic rings. The van der Waals surface area contributed by atoms with Gasteiger partial charge in [0.25, 0.3) is 0 Å². The quantitative estimate of drug-likeness (QED) is 0.152. The lowest BCUT2D eigenvalue weighted by Gasteiger charge is -2.20. The molecule has 1 aromatic carbocycles. The van der Waals surface area contributed by atoms with Gasteiger partial charge in [-0.2, -0.15) is 0 Å². The summed E-state index contributed by atoms with van der Waals surface area (Å²) in [7, 11) is 0. The van der Waals surface area contributed by atoms with E-state index in [4.69, 9.17) is 25.7 Å². The fraction of sp³-hybridized carbons (Fsp3) is 0.400. The number of hydrogen-bond donors (Lipinski definition) is 4. The average Bonchev–Trinajstić information content (AvgIpc) is 2.63. The van der Waals surface area contributed by atoms with Crippen LogP contribution < -0.4 is 22.4 Å². The van der Waals surface area contributed by atoms with Gasteiger partial charge in [-0.1, -0.05) is 0 Å². The summed E-state index contributed by atoms with van der Waals surface area (Å²) in [6.45, 7) is 3.16. The molecule has 10 nitrogen and oxygen atoms in total. The number of aryl methyl sites for hydroxylation is 1. The van der Waals surface area contributed by atoms with E-state index in [-0.39, 0.29) is 16.8 Å². The molecule has 0 aliphatic heterocycles. The zero-order chi connectivity index (χ0) is 22.4. The third-order valence-electron chi connectivity index (χ3n) is 4.53. The summed E-state index contributed by atoms with van der Waals surface area (Å²) >= 11 is 0. The summed E-state index contributed by atoms with van der Waals surface area (Å²) in [5, 5.41) is 12.5. The molecule has 10 heteroatoms. The van der Waals surface area contributed by atoms with E-state index in [1.165, 1.54) is 12.1 Å². The van der Waals surface area contributed by atoms with E-state index in [9.17, 15) is 19.2 Å². The summed E-state index contributed by atoms with van der Waals surface area (Å²) in [6, 6.07) is 2.09. The number of rotatable bonds is 9. The topological polar surface area (TPSA) is 175 Å². The van der Waals surface area contributed by atoms with Crippen molar-refractivity contribution in [3.05, 3.63) is 33.7 Å². The average molecular weight is 419 g/mol. The van der Waals surface area contributed by atoms with Crippen molar-refractivity contribution in [1.82, 2.24) is 0 Å². The Morgan fingerprint density at radius 3 is 2.57 bits per heavy atom. The van der Waals surface area contributed by atoms with Crippen molar-refractivity contribution in [3.63, 3.8) is 0 Å². The summed E-state index contributed by atoms with van der Waals surface area (Å²) in [5.74, 6) is -2.69. The predicted molar refractivity (Wildman–Crippen MR) is 110 cm³/mol. The predicted octanol–water partition coefficient (Wildman–Crippen LogP) is 1.31. The third kappa shape index (κ3) is 5.57. The molecule has 0 saturated carbocycles.